The van der Waals surface area contributed by atoms with Gasteiger partial charge in [-0.3, -0.25) is 0 Å². The Balaban J connectivity index is 1.86. The zero-order valence-corrected chi connectivity index (χ0v) is 10.6. The van der Waals surface area contributed by atoms with E-state index in [9.17, 15) is 4.39 Å². The molecule has 0 aliphatic heterocycles. The second-order valence-electron chi connectivity index (χ2n) is 4.27. The summed E-state index contributed by atoms with van der Waals surface area (Å²) >= 11 is 0. The maximum atomic E-state index is 13.0. The highest BCUT2D eigenvalue weighted by atomic mass is 19.1. The minimum Gasteiger partial charge on any atom is -0.334 e. The summed E-state index contributed by atoms with van der Waals surface area (Å²) in [5.74, 6) is 0.829. The molecule has 0 unspecified atom stereocenters. The molecular formula is C14H18FN3. The molecule has 4 heteroatoms. The van der Waals surface area contributed by atoms with Gasteiger partial charge in [-0.2, -0.15) is 0 Å². The van der Waals surface area contributed by atoms with Crippen LogP contribution in [0, 0.1) is 5.82 Å². The lowest BCUT2D eigenvalue weighted by atomic mass is 10.2. The molecule has 0 bridgehead atoms. The van der Waals surface area contributed by atoms with Crippen molar-refractivity contribution in [1.82, 2.24) is 14.9 Å². The van der Waals surface area contributed by atoms with Crippen LogP contribution in [-0.2, 0) is 19.6 Å². The van der Waals surface area contributed by atoms with Gasteiger partial charge in [0.25, 0.3) is 0 Å². The third kappa shape index (κ3) is 3.40. The van der Waals surface area contributed by atoms with Gasteiger partial charge in [0, 0.05) is 25.5 Å². The summed E-state index contributed by atoms with van der Waals surface area (Å²) in [5, 5.41) is 3.28. The molecule has 0 fully saturated rings. The molecule has 1 heterocycles. The molecule has 0 saturated heterocycles. The normalized spacial score (nSPS) is 10.8. The number of benzene rings is 1. The van der Waals surface area contributed by atoms with Crippen LogP contribution in [0.5, 0.6) is 0 Å². The molecule has 0 radical (unpaired) electrons. The van der Waals surface area contributed by atoms with E-state index in [4.69, 9.17) is 0 Å². The van der Waals surface area contributed by atoms with E-state index in [1.54, 1.807) is 12.1 Å². The van der Waals surface area contributed by atoms with Gasteiger partial charge in [0.05, 0.1) is 6.54 Å². The SMILES string of the molecule is CCCn1ccnc1CNCc1cccc(F)c1. The number of aromatic nitrogens is 2. The second kappa shape index (κ2) is 6.31. The highest BCUT2D eigenvalue weighted by Crippen LogP contribution is 2.04. The highest BCUT2D eigenvalue weighted by molar-refractivity contribution is 5.16. The van der Waals surface area contributed by atoms with Crippen LogP contribution in [0.1, 0.15) is 24.7 Å². The number of hydrogen-bond acceptors (Lipinski definition) is 2. The van der Waals surface area contributed by atoms with Crippen LogP contribution < -0.4 is 5.32 Å². The van der Waals surface area contributed by atoms with Crippen molar-refractivity contribution < 1.29 is 4.39 Å². The third-order valence-electron chi connectivity index (χ3n) is 2.77. The van der Waals surface area contributed by atoms with E-state index in [2.05, 4.69) is 21.8 Å². The molecular weight excluding hydrogens is 229 g/mol. The molecule has 3 nitrogen and oxygen atoms in total. The van der Waals surface area contributed by atoms with Crippen molar-refractivity contribution in [3.05, 3.63) is 53.9 Å². The van der Waals surface area contributed by atoms with Gasteiger partial charge in [-0.25, -0.2) is 9.37 Å². The molecule has 0 spiro atoms. The summed E-state index contributed by atoms with van der Waals surface area (Å²) in [7, 11) is 0. The number of aryl methyl sites for hydroxylation is 1. The number of nitrogens with zero attached hydrogens (tertiary/aromatic N) is 2. The Bertz CT molecular complexity index is 493. The molecule has 2 rings (SSSR count). The van der Waals surface area contributed by atoms with E-state index in [1.165, 1.54) is 6.07 Å². The van der Waals surface area contributed by atoms with Crippen molar-refractivity contribution in [2.75, 3.05) is 0 Å². The van der Waals surface area contributed by atoms with Crippen molar-refractivity contribution in [2.24, 2.45) is 0 Å². The summed E-state index contributed by atoms with van der Waals surface area (Å²) in [6.45, 7) is 4.47. The van der Waals surface area contributed by atoms with Crippen molar-refractivity contribution in [3.63, 3.8) is 0 Å². The zero-order valence-electron chi connectivity index (χ0n) is 10.6. The highest BCUT2D eigenvalue weighted by Gasteiger charge is 2.01. The minimum absolute atomic E-state index is 0.193. The van der Waals surface area contributed by atoms with E-state index >= 15 is 0 Å². The van der Waals surface area contributed by atoms with Crippen LogP contribution in [0.4, 0.5) is 4.39 Å². The Morgan fingerprint density at radius 1 is 1.33 bits per heavy atom. The zero-order chi connectivity index (χ0) is 12.8. The molecule has 0 atom stereocenters. The first-order valence-corrected chi connectivity index (χ1v) is 6.24. The second-order valence-corrected chi connectivity index (χ2v) is 4.27. The summed E-state index contributed by atoms with van der Waals surface area (Å²) in [5.41, 5.74) is 0.948. The lowest BCUT2D eigenvalue weighted by Gasteiger charge is -2.08. The Morgan fingerprint density at radius 2 is 2.22 bits per heavy atom. The summed E-state index contributed by atoms with van der Waals surface area (Å²) in [4.78, 5) is 4.31. The topological polar surface area (TPSA) is 29.9 Å². The number of rotatable bonds is 6. The molecule has 2 aromatic rings. The third-order valence-corrected chi connectivity index (χ3v) is 2.77. The van der Waals surface area contributed by atoms with Crippen LogP contribution in [-0.4, -0.2) is 9.55 Å². The fourth-order valence-electron chi connectivity index (χ4n) is 1.92. The van der Waals surface area contributed by atoms with Gasteiger partial charge in [-0.1, -0.05) is 19.1 Å². The molecule has 0 aliphatic carbocycles. The van der Waals surface area contributed by atoms with Gasteiger partial charge in [0.15, 0.2) is 0 Å². The van der Waals surface area contributed by atoms with Crippen molar-refractivity contribution >= 4 is 0 Å². The lowest BCUT2D eigenvalue weighted by Crippen LogP contribution is -2.16. The number of imidazole rings is 1. The number of nitrogens with one attached hydrogen (secondary N) is 1. The summed E-state index contributed by atoms with van der Waals surface area (Å²) in [6.07, 6.45) is 4.89. The van der Waals surface area contributed by atoms with Gasteiger partial charge in [0.1, 0.15) is 11.6 Å². The van der Waals surface area contributed by atoms with E-state index in [-0.39, 0.29) is 5.82 Å². The van der Waals surface area contributed by atoms with Crippen molar-refractivity contribution in [3.8, 4) is 0 Å². The van der Waals surface area contributed by atoms with E-state index in [0.717, 1.165) is 24.4 Å². The first-order chi connectivity index (χ1) is 8.79. The van der Waals surface area contributed by atoms with Crippen LogP contribution >= 0.6 is 0 Å². The maximum absolute atomic E-state index is 13.0. The number of hydrogen-bond donors (Lipinski definition) is 1. The van der Waals surface area contributed by atoms with Gasteiger partial charge in [0.2, 0.25) is 0 Å². The Kier molecular flexibility index (Phi) is 4.47. The minimum atomic E-state index is -0.193. The average molecular weight is 247 g/mol. The van der Waals surface area contributed by atoms with Gasteiger partial charge < -0.3 is 9.88 Å². The summed E-state index contributed by atoms with van der Waals surface area (Å²) < 4.78 is 15.1. The first kappa shape index (κ1) is 12.8. The van der Waals surface area contributed by atoms with E-state index in [0.29, 0.717) is 13.1 Å². The van der Waals surface area contributed by atoms with Gasteiger partial charge >= 0.3 is 0 Å². The van der Waals surface area contributed by atoms with E-state index < -0.39 is 0 Å². The van der Waals surface area contributed by atoms with E-state index in [1.807, 2.05) is 18.5 Å². The maximum Gasteiger partial charge on any atom is 0.123 e. The van der Waals surface area contributed by atoms with Crippen molar-refractivity contribution in [2.45, 2.75) is 33.0 Å². The Morgan fingerprint density at radius 3 is 3.00 bits per heavy atom. The fourth-order valence-corrected chi connectivity index (χ4v) is 1.92. The smallest absolute Gasteiger partial charge is 0.123 e. The molecule has 0 aliphatic rings. The predicted molar refractivity (Wildman–Crippen MR) is 69.5 cm³/mol. The van der Waals surface area contributed by atoms with Crippen molar-refractivity contribution in [1.29, 1.82) is 0 Å². The average Bonchev–Trinajstić information content (AvgIpc) is 2.78. The fraction of sp³-hybridized carbons (Fsp3) is 0.357. The standard InChI is InChI=1S/C14H18FN3/c1-2-7-18-8-6-17-14(18)11-16-10-12-4-3-5-13(15)9-12/h3-6,8-9,16H,2,7,10-11H2,1H3. The molecule has 1 aromatic heterocycles. The molecule has 0 amide bonds. The van der Waals surface area contributed by atoms with Crippen LogP contribution in [0.2, 0.25) is 0 Å². The van der Waals surface area contributed by atoms with Crippen LogP contribution in [0.15, 0.2) is 36.7 Å². The quantitative estimate of drug-likeness (QED) is 0.850. The first-order valence-electron chi connectivity index (χ1n) is 6.24. The molecule has 1 N–H and O–H groups in total. The number of halogens is 1. The largest absolute Gasteiger partial charge is 0.334 e. The van der Waals surface area contributed by atoms with Gasteiger partial charge in [-0.05, 0) is 24.1 Å². The van der Waals surface area contributed by atoms with Gasteiger partial charge in [-0.15, -0.1) is 0 Å². The Labute approximate surface area is 107 Å². The van der Waals surface area contributed by atoms with Crippen LogP contribution in [0.3, 0.4) is 0 Å². The molecule has 1 aromatic carbocycles. The molecule has 18 heavy (non-hydrogen) atoms. The molecule has 96 valence electrons. The lowest BCUT2D eigenvalue weighted by molar-refractivity contribution is 0.584. The van der Waals surface area contributed by atoms with Crippen LogP contribution in [0.25, 0.3) is 0 Å². The monoisotopic (exact) mass is 247 g/mol. The Hall–Kier alpha value is -1.68. The summed E-state index contributed by atoms with van der Waals surface area (Å²) in [6, 6.07) is 6.64. The predicted octanol–water partition coefficient (Wildman–Crippen LogP) is 2.72. The molecule has 0 saturated carbocycles.